The van der Waals surface area contributed by atoms with Crippen LogP contribution in [0.2, 0.25) is 0 Å². The highest BCUT2D eigenvalue weighted by Crippen LogP contribution is 2.36. The van der Waals surface area contributed by atoms with Crippen molar-refractivity contribution in [2.24, 2.45) is 4.99 Å². The molecule has 1 aliphatic rings. The van der Waals surface area contributed by atoms with Crippen molar-refractivity contribution in [2.45, 2.75) is 32.1 Å². The van der Waals surface area contributed by atoms with E-state index >= 15 is 0 Å². The first kappa shape index (κ1) is 20.9. The van der Waals surface area contributed by atoms with E-state index in [2.05, 4.69) is 48.1 Å². The molecule has 1 aromatic carbocycles. The fourth-order valence-corrected chi connectivity index (χ4v) is 3.52. The summed E-state index contributed by atoms with van der Waals surface area (Å²) in [6.45, 7) is 8.93. The molecule has 1 heterocycles. The average Bonchev–Trinajstić information content (AvgIpc) is 2.68. The van der Waals surface area contributed by atoms with Crippen molar-refractivity contribution in [1.82, 2.24) is 10.6 Å². The second-order valence-corrected chi connectivity index (χ2v) is 7.45. The van der Waals surface area contributed by atoms with Gasteiger partial charge in [-0.1, -0.05) is 12.1 Å². The molecule has 0 atom stereocenters. The summed E-state index contributed by atoms with van der Waals surface area (Å²) in [5.41, 5.74) is 1.36. The normalized spacial score (nSPS) is 17.0. The summed E-state index contributed by atoms with van der Waals surface area (Å²) < 4.78 is 11.2. The number of hydrogen-bond acceptors (Lipinski definition) is 4. The van der Waals surface area contributed by atoms with Crippen molar-refractivity contribution in [2.75, 3.05) is 51.5 Å². The van der Waals surface area contributed by atoms with E-state index in [4.69, 9.17) is 14.5 Å². The van der Waals surface area contributed by atoms with E-state index in [9.17, 15) is 0 Å². The Morgan fingerprint density at radius 2 is 1.92 bits per heavy atom. The number of aliphatic imine (C=N–C) groups is 1. The zero-order chi connectivity index (χ0) is 18.7. The van der Waals surface area contributed by atoms with E-state index < -0.39 is 0 Å². The maximum atomic E-state index is 5.64. The first-order chi connectivity index (χ1) is 12.7. The molecule has 0 saturated carbocycles. The third-order valence-electron chi connectivity index (χ3n) is 4.71. The van der Waals surface area contributed by atoms with Gasteiger partial charge in [0.1, 0.15) is 5.75 Å². The van der Waals surface area contributed by atoms with Crippen LogP contribution in [-0.2, 0) is 10.2 Å². The third-order valence-corrected chi connectivity index (χ3v) is 5.32. The lowest BCUT2D eigenvalue weighted by Crippen LogP contribution is -2.41. The third kappa shape index (κ3) is 6.09. The molecule has 2 rings (SSSR count). The Bertz CT molecular complexity index is 542. The van der Waals surface area contributed by atoms with Crippen LogP contribution >= 0.6 is 11.8 Å². The average molecular weight is 380 g/mol. The summed E-state index contributed by atoms with van der Waals surface area (Å²) in [6.07, 6.45) is 4.11. The van der Waals surface area contributed by atoms with Crippen LogP contribution in [0, 0.1) is 0 Å². The van der Waals surface area contributed by atoms with Crippen molar-refractivity contribution in [3.8, 4) is 5.75 Å². The molecule has 6 heteroatoms. The zero-order valence-corrected chi connectivity index (χ0v) is 17.2. The van der Waals surface area contributed by atoms with Gasteiger partial charge in [-0.2, -0.15) is 11.8 Å². The first-order valence-corrected chi connectivity index (χ1v) is 11.0. The van der Waals surface area contributed by atoms with Gasteiger partial charge in [-0.15, -0.1) is 0 Å². The van der Waals surface area contributed by atoms with E-state index in [1.54, 1.807) is 0 Å². The molecular weight excluding hydrogens is 346 g/mol. The van der Waals surface area contributed by atoms with Gasteiger partial charge in [-0.3, -0.25) is 4.99 Å². The maximum absolute atomic E-state index is 5.64. The highest BCUT2D eigenvalue weighted by atomic mass is 32.2. The predicted molar refractivity (Wildman–Crippen MR) is 112 cm³/mol. The summed E-state index contributed by atoms with van der Waals surface area (Å²) in [6, 6.07) is 8.53. The molecule has 1 aliphatic heterocycles. The Hall–Kier alpha value is -1.40. The zero-order valence-electron chi connectivity index (χ0n) is 16.3. The Labute approximate surface area is 162 Å². The lowest BCUT2D eigenvalue weighted by molar-refractivity contribution is 0.0531. The van der Waals surface area contributed by atoms with Gasteiger partial charge >= 0.3 is 0 Å². The van der Waals surface area contributed by atoms with Gasteiger partial charge in [0.25, 0.3) is 0 Å². The van der Waals surface area contributed by atoms with Crippen molar-refractivity contribution in [3.63, 3.8) is 0 Å². The minimum atomic E-state index is 0.0326. The number of guanidine groups is 1. The van der Waals surface area contributed by atoms with Gasteiger partial charge in [0.05, 0.1) is 13.2 Å². The van der Waals surface area contributed by atoms with Crippen molar-refractivity contribution in [3.05, 3.63) is 29.8 Å². The standard InChI is InChI=1S/C20H33N3O2S/c1-4-21-19(22-12-15-26-3)23-16-20(10-13-24-14-11-20)17-6-8-18(9-7-17)25-5-2/h6-9H,4-5,10-16H2,1-3H3,(H2,21,22,23). The largest absolute Gasteiger partial charge is 0.494 e. The van der Waals surface area contributed by atoms with Gasteiger partial charge in [0.15, 0.2) is 5.96 Å². The molecular formula is C20H33N3O2S. The Kier molecular flexibility index (Phi) is 9.12. The Balaban J connectivity index is 2.15. The fourth-order valence-electron chi connectivity index (χ4n) is 3.22. The number of rotatable bonds is 9. The molecule has 0 aliphatic carbocycles. The number of benzene rings is 1. The minimum Gasteiger partial charge on any atom is -0.494 e. The summed E-state index contributed by atoms with van der Waals surface area (Å²) in [5, 5.41) is 6.78. The first-order valence-electron chi connectivity index (χ1n) is 9.56. The van der Waals surface area contributed by atoms with E-state index in [1.165, 1.54) is 5.56 Å². The number of nitrogens with zero attached hydrogens (tertiary/aromatic N) is 1. The Morgan fingerprint density at radius 1 is 1.19 bits per heavy atom. The SMILES string of the molecule is CCNC(=NCC1(c2ccc(OCC)cc2)CCOCC1)NCCSC. The molecule has 2 N–H and O–H groups in total. The summed E-state index contributed by atoms with van der Waals surface area (Å²) >= 11 is 1.84. The predicted octanol–water partition coefficient (Wildman–Crippen LogP) is 3.05. The summed E-state index contributed by atoms with van der Waals surface area (Å²) in [7, 11) is 0. The molecule has 0 radical (unpaired) electrons. The Morgan fingerprint density at radius 3 is 2.54 bits per heavy atom. The molecule has 0 spiro atoms. The molecule has 26 heavy (non-hydrogen) atoms. The number of thioether (sulfide) groups is 1. The monoisotopic (exact) mass is 379 g/mol. The van der Waals surface area contributed by atoms with E-state index in [-0.39, 0.29) is 5.41 Å². The number of nitrogens with one attached hydrogen (secondary N) is 2. The molecule has 1 fully saturated rings. The summed E-state index contributed by atoms with van der Waals surface area (Å²) in [4.78, 5) is 4.91. The fraction of sp³-hybridized carbons (Fsp3) is 0.650. The molecule has 146 valence electrons. The molecule has 0 unspecified atom stereocenters. The van der Waals surface area contributed by atoms with Crippen LogP contribution in [0.15, 0.2) is 29.3 Å². The van der Waals surface area contributed by atoms with Crippen LogP contribution in [0.25, 0.3) is 0 Å². The van der Waals surface area contributed by atoms with Gasteiger partial charge in [-0.05, 0) is 50.6 Å². The highest BCUT2D eigenvalue weighted by Gasteiger charge is 2.34. The van der Waals surface area contributed by atoms with Gasteiger partial charge < -0.3 is 20.1 Å². The lowest BCUT2D eigenvalue weighted by atomic mass is 9.74. The maximum Gasteiger partial charge on any atom is 0.191 e. The van der Waals surface area contributed by atoms with Gasteiger partial charge in [-0.25, -0.2) is 0 Å². The van der Waals surface area contributed by atoms with Crippen molar-refractivity contribution >= 4 is 17.7 Å². The minimum absolute atomic E-state index is 0.0326. The number of hydrogen-bond donors (Lipinski definition) is 2. The van der Waals surface area contributed by atoms with Crippen LogP contribution in [-0.4, -0.2) is 57.4 Å². The quantitative estimate of drug-likeness (QED) is 0.392. The molecule has 1 saturated heterocycles. The van der Waals surface area contributed by atoms with Gasteiger partial charge in [0.2, 0.25) is 0 Å². The lowest BCUT2D eigenvalue weighted by Gasteiger charge is -2.36. The van der Waals surface area contributed by atoms with Crippen LogP contribution < -0.4 is 15.4 Å². The molecule has 0 bridgehead atoms. The van der Waals surface area contributed by atoms with Crippen LogP contribution in [0.1, 0.15) is 32.3 Å². The van der Waals surface area contributed by atoms with E-state index in [0.29, 0.717) is 6.61 Å². The molecule has 0 aromatic heterocycles. The second kappa shape index (κ2) is 11.3. The number of ether oxygens (including phenoxy) is 2. The van der Waals surface area contributed by atoms with Crippen LogP contribution in [0.5, 0.6) is 5.75 Å². The van der Waals surface area contributed by atoms with Crippen molar-refractivity contribution < 1.29 is 9.47 Å². The van der Waals surface area contributed by atoms with Crippen LogP contribution in [0.3, 0.4) is 0 Å². The van der Waals surface area contributed by atoms with Crippen molar-refractivity contribution in [1.29, 1.82) is 0 Å². The molecule has 5 nitrogen and oxygen atoms in total. The topological polar surface area (TPSA) is 54.9 Å². The van der Waals surface area contributed by atoms with Crippen LogP contribution in [0.4, 0.5) is 0 Å². The van der Waals surface area contributed by atoms with Gasteiger partial charge in [0, 0.05) is 37.5 Å². The smallest absolute Gasteiger partial charge is 0.191 e. The molecule has 1 aromatic rings. The van der Waals surface area contributed by atoms with E-state index in [1.807, 2.05) is 18.7 Å². The summed E-state index contributed by atoms with van der Waals surface area (Å²) in [5.74, 6) is 2.90. The van der Waals surface area contributed by atoms with E-state index in [0.717, 1.165) is 63.2 Å². The second-order valence-electron chi connectivity index (χ2n) is 6.46. The highest BCUT2D eigenvalue weighted by molar-refractivity contribution is 7.98. The molecule has 0 amide bonds.